The minimum atomic E-state index is -0.927. The molecule has 0 radical (unpaired) electrons. The van der Waals surface area contributed by atoms with Crippen LogP contribution in [0, 0.1) is 0 Å². The van der Waals surface area contributed by atoms with Gasteiger partial charge in [-0.2, -0.15) is 0 Å². The maximum Gasteiger partial charge on any atom is 0.325 e. The number of carbonyl (C=O) groups is 3. The summed E-state index contributed by atoms with van der Waals surface area (Å²) in [6.07, 6.45) is 0. The highest BCUT2D eigenvalue weighted by molar-refractivity contribution is 6.08. The highest BCUT2D eigenvalue weighted by Crippen LogP contribution is 2.40. The van der Waals surface area contributed by atoms with Crippen molar-refractivity contribution >= 4 is 17.7 Å². The first kappa shape index (κ1) is 18.3. The number of benzene rings is 1. The van der Waals surface area contributed by atoms with Crippen LogP contribution in [0.25, 0.3) is 0 Å². The van der Waals surface area contributed by atoms with Gasteiger partial charge in [-0.25, -0.2) is 0 Å². The summed E-state index contributed by atoms with van der Waals surface area (Å²) in [6.45, 7) is 0.837. The number of ketones is 1. The molecule has 8 nitrogen and oxygen atoms in total. The number of nitrogens with zero attached hydrogens (tertiary/aromatic N) is 1. The normalized spacial score (nSPS) is 16.9. The van der Waals surface area contributed by atoms with E-state index >= 15 is 0 Å². The zero-order chi connectivity index (χ0) is 18.7. The maximum absolute atomic E-state index is 12.3. The number of carbonyl (C=O) groups excluding carboxylic acids is 3. The van der Waals surface area contributed by atoms with E-state index in [-0.39, 0.29) is 5.57 Å². The van der Waals surface area contributed by atoms with Crippen molar-refractivity contribution in [2.45, 2.75) is 13.0 Å². The molecule has 1 aliphatic rings. The number of esters is 1. The van der Waals surface area contributed by atoms with Crippen LogP contribution in [0.3, 0.4) is 0 Å². The van der Waals surface area contributed by atoms with Crippen molar-refractivity contribution in [1.29, 1.82) is 0 Å². The fourth-order valence-electron chi connectivity index (χ4n) is 2.75. The molecule has 0 aromatic heterocycles. The molecule has 0 aliphatic carbocycles. The van der Waals surface area contributed by atoms with E-state index in [0.29, 0.717) is 17.1 Å². The smallest absolute Gasteiger partial charge is 0.325 e. The molecule has 0 saturated heterocycles. The SMILES string of the molecule is COC(=O)CN1C(=O)C(O)=C(C(C)=O)C1c1ccc(OC)c(OC)c1. The summed E-state index contributed by atoms with van der Waals surface area (Å²) in [5.74, 6) is -1.77. The fourth-order valence-corrected chi connectivity index (χ4v) is 2.75. The molecular formula is C17H19NO7. The molecule has 0 spiro atoms. The van der Waals surface area contributed by atoms with E-state index < -0.39 is 36.0 Å². The molecule has 1 aliphatic heterocycles. The lowest BCUT2D eigenvalue weighted by molar-refractivity contribution is -0.146. The number of Topliss-reactive ketones (excluding diaryl/α,β-unsaturated/α-hetero) is 1. The summed E-state index contributed by atoms with van der Waals surface area (Å²) in [6, 6.07) is 3.90. The molecule has 0 saturated carbocycles. The predicted octanol–water partition coefficient (Wildman–Crippen LogP) is 1.16. The zero-order valence-electron chi connectivity index (χ0n) is 14.4. The molecule has 1 amide bonds. The quantitative estimate of drug-likeness (QED) is 0.769. The Hall–Kier alpha value is -3.03. The van der Waals surface area contributed by atoms with E-state index in [1.54, 1.807) is 18.2 Å². The van der Waals surface area contributed by atoms with E-state index in [0.717, 1.165) is 4.90 Å². The van der Waals surface area contributed by atoms with E-state index in [9.17, 15) is 19.5 Å². The molecule has 8 heteroatoms. The summed E-state index contributed by atoms with van der Waals surface area (Å²) < 4.78 is 15.0. The van der Waals surface area contributed by atoms with Gasteiger partial charge < -0.3 is 24.2 Å². The Kier molecular flexibility index (Phi) is 5.31. The molecule has 1 aromatic carbocycles. The van der Waals surface area contributed by atoms with Crippen LogP contribution in [0.1, 0.15) is 18.5 Å². The van der Waals surface area contributed by atoms with Crippen molar-refractivity contribution in [3.05, 3.63) is 35.1 Å². The lowest BCUT2D eigenvalue weighted by atomic mass is 9.96. The van der Waals surface area contributed by atoms with Crippen molar-refractivity contribution < 1.29 is 33.7 Å². The monoisotopic (exact) mass is 349 g/mol. The van der Waals surface area contributed by atoms with Gasteiger partial charge in [0.2, 0.25) is 0 Å². The summed E-state index contributed by atoms with van der Waals surface area (Å²) in [5.41, 5.74) is 0.408. The van der Waals surface area contributed by atoms with E-state index in [1.165, 1.54) is 28.3 Å². The van der Waals surface area contributed by atoms with Gasteiger partial charge >= 0.3 is 5.97 Å². The third-order valence-electron chi connectivity index (χ3n) is 3.93. The number of rotatable bonds is 6. The average Bonchev–Trinajstić information content (AvgIpc) is 2.85. The van der Waals surface area contributed by atoms with Gasteiger partial charge in [-0.05, 0) is 24.6 Å². The molecule has 134 valence electrons. The minimum absolute atomic E-state index is 0.0823. The maximum atomic E-state index is 12.3. The molecule has 0 bridgehead atoms. The minimum Gasteiger partial charge on any atom is -0.503 e. The van der Waals surface area contributed by atoms with Crippen molar-refractivity contribution in [3.63, 3.8) is 0 Å². The van der Waals surface area contributed by atoms with Crippen LogP contribution < -0.4 is 9.47 Å². The van der Waals surface area contributed by atoms with Crippen molar-refractivity contribution in [3.8, 4) is 11.5 Å². The van der Waals surface area contributed by atoms with Crippen LogP contribution in [0.4, 0.5) is 0 Å². The number of hydrogen-bond acceptors (Lipinski definition) is 7. The van der Waals surface area contributed by atoms with Gasteiger partial charge in [-0.1, -0.05) is 6.07 Å². The number of hydrogen-bond donors (Lipinski definition) is 1. The van der Waals surface area contributed by atoms with E-state index in [1.807, 2.05) is 0 Å². The third kappa shape index (κ3) is 3.28. The number of methoxy groups -OCH3 is 3. The molecule has 1 heterocycles. The zero-order valence-corrected chi connectivity index (χ0v) is 14.4. The summed E-state index contributed by atoms with van der Waals surface area (Å²) in [4.78, 5) is 37.1. The summed E-state index contributed by atoms with van der Waals surface area (Å²) in [7, 11) is 4.12. The topological polar surface area (TPSA) is 102 Å². The van der Waals surface area contributed by atoms with Gasteiger partial charge in [0.1, 0.15) is 6.54 Å². The standard InChI is InChI=1S/C17H19NO7/c1-9(19)14-15(10-5-6-11(23-2)12(7-10)24-3)18(8-13(20)25-4)17(22)16(14)21/h5-7,15,21H,8H2,1-4H3. The van der Waals surface area contributed by atoms with Gasteiger partial charge in [-0.3, -0.25) is 14.4 Å². The average molecular weight is 349 g/mol. The summed E-state index contributed by atoms with van der Waals surface area (Å²) in [5, 5.41) is 10.1. The summed E-state index contributed by atoms with van der Waals surface area (Å²) >= 11 is 0. The van der Waals surface area contributed by atoms with Gasteiger partial charge in [0.15, 0.2) is 23.0 Å². The van der Waals surface area contributed by atoms with Crippen molar-refractivity contribution in [2.24, 2.45) is 0 Å². The van der Waals surface area contributed by atoms with Crippen LogP contribution in [0.15, 0.2) is 29.5 Å². The fraction of sp³-hybridized carbons (Fsp3) is 0.353. The first-order valence-electron chi connectivity index (χ1n) is 7.39. The third-order valence-corrected chi connectivity index (χ3v) is 3.93. The Balaban J connectivity index is 2.56. The van der Waals surface area contributed by atoms with Crippen LogP contribution in [-0.4, -0.2) is 55.5 Å². The van der Waals surface area contributed by atoms with Gasteiger partial charge in [0, 0.05) is 0 Å². The first-order valence-corrected chi connectivity index (χ1v) is 7.39. The second-order valence-electron chi connectivity index (χ2n) is 5.34. The molecule has 1 unspecified atom stereocenters. The lowest BCUT2D eigenvalue weighted by Gasteiger charge is -2.26. The van der Waals surface area contributed by atoms with E-state index in [4.69, 9.17) is 9.47 Å². The molecule has 1 aromatic rings. The molecule has 2 rings (SSSR count). The number of aliphatic hydroxyl groups excluding tert-OH is 1. The first-order chi connectivity index (χ1) is 11.8. The van der Waals surface area contributed by atoms with Gasteiger partial charge in [0.05, 0.1) is 32.9 Å². The molecule has 1 atom stereocenters. The van der Waals surface area contributed by atoms with Crippen LogP contribution >= 0.6 is 0 Å². The number of ether oxygens (including phenoxy) is 3. The molecular weight excluding hydrogens is 330 g/mol. The molecule has 25 heavy (non-hydrogen) atoms. The largest absolute Gasteiger partial charge is 0.503 e. The molecule has 1 N–H and O–H groups in total. The lowest BCUT2D eigenvalue weighted by Crippen LogP contribution is -2.36. The Labute approximate surface area is 144 Å². The van der Waals surface area contributed by atoms with Crippen molar-refractivity contribution in [2.75, 3.05) is 27.9 Å². The highest BCUT2D eigenvalue weighted by Gasteiger charge is 2.43. The second kappa shape index (κ2) is 7.25. The number of aliphatic hydroxyl groups is 1. The second-order valence-corrected chi connectivity index (χ2v) is 5.34. The van der Waals surface area contributed by atoms with Gasteiger partial charge in [-0.15, -0.1) is 0 Å². The molecule has 0 fully saturated rings. The Morgan fingerprint density at radius 2 is 1.80 bits per heavy atom. The Bertz CT molecular complexity index is 753. The van der Waals surface area contributed by atoms with Crippen LogP contribution in [0.5, 0.6) is 11.5 Å². The Morgan fingerprint density at radius 1 is 1.16 bits per heavy atom. The van der Waals surface area contributed by atoms with Crippen molar-refractivity contribution in [1.82, 2.24) is 4.90 Å². The Morgan fingerprint density at radius 3 is 2.32 bits per heavy atom. The van der Waals surface area contributed by atoms with Crippen LogP contribution in [-0.2, 0) is 19.1 Å². The predicted molar refractivity (Wildman–Crippen MR) is 86.4 cm³/mol. The van der Waals surface area contributed by atoms with Gasteiger partial charge in [0.25, 0.3) is 5.91 Å². The van der Waals surface area contributed by atoms with E-state index in [2.05, 4.69) is 4.74 Å². The van der Waals surface area contributed by atoms with Crippen LogP contribution in [0.2, 0.25) is 0 Å². The highest BCUT2D eigenvalue weighted by atomic mass is 16.5. The number of amides is 1.